The van der Waals surface area contributed by atoms with Crippen LogP contribution in [0.3, 0.4) is 0 Å². The minimum atomic E-state index is -0.817. The number of aliphatic hydroxyl groups excluding tert-OH is 1. The Morgan fingerprint density at radius 2 is 1.66 bits per heavy atom. The summed E-state index contributed by atoms with van der Waals surface area (Å²) in [5, 5.41) is 16.5. The predicted octanol–water partition coefficient (Wildman–Crippen LogP) is 4.27. The maximum Gasteiger partial charge on any atom is 0.407 e. The lowest BCUT2D eigenvalue weighted by Gasteiger charge is -2.29. The van der Waals surface area contributed by atoms with Crippen molar-refractivity contribution in [2.75, 3.05) is 6.61 Å². The molecule has 0 spiro atoms. The normalized spacial score (nSPS) is 14.4. The number of carbonyl (C=O) groups excluding carboxylic acids is 2. The molecule has 0 bridgehead atoms. The summed E-state index contributed by atoms with van der Waals surface area (Å²) in [5.41, 5.74) is 1.34. The van der Waals surface area contributed by atoms with E-state index in [1.54, 1.807) is 0 Å². The third-order valence-electron chi connectivity index (χ3n) is 5.01. The van der Waals surface area contributed by atoms with Gasteiger partial charge in [-0.15, -0.1) is 0 Å². The molecule has 3 N–H and O–H groups in total. The van der Waals surface area contributed by atoms with E-state index in [-0.39, 0.29) is 18.6 Å². The number of alkyl carbamates (subject to hydrolysis) is 1. The van der Waals surface area contributed by atoms with Gasteiger partial charge in [0.1, 0.15) is 11.4 Å². The molecule has 182 valence electrons. The van der Waals surface area contributed by atoms with Crippen LogP contribution in [0.1, 0.15) is 71.9 Å². The Bertz CT molecular complexity index is 722. The fourth-order valence-corrected chi connectivity index (χ4v) is 3.60. The van der Waals surface area contributed by atoms with E-state index in [2.05, 4.69) is 24.5 Å². The third kappa shape index (κ3) is 10.4. The Balaban J connectivity index is 2.69. The third-order valence-corrected chi connectivity index (χ3v) is 5.01. The van der Waals surface area contributed by atoms with Crippen molar-refractivity contribution >= 4 is 12.0 Å². The van der Waals surface area contributed by atoms with E-state index >= 15 is 0 Å². The van der Waals surface area contributed by atoms with E-state index in [4.69, 9.17) is 9.47 Å². The molecule has 0 saturated carbocycles. The molecule has 0 aliphatic heterocycles. The van der Waals surface area contributed by atoms with E-state index in [0.717, 1.165) is 11.1 Å². The molecule has 32 heavy (non-hydrogen) atoms. The minimum absolute atomic E-state index is 0.125. The monoisotopic (exact) mass is 450 g/mol. The molecule has 0 fully saturated rings. The lowest BCUT2D eigenvalue weighted by Crippen LogP contribution is -2.48. The number of para-hydroxylation sites is 1. The molecule has 7 heteroatoms. The second-order valence-corrected chi connectivity index (χ2v) is 9.87. The van der Waals surface area contributed by atoms with Crippen LogP contribution in [-0.2, 0) is 9.53 Å². The van der Waals surface area contributed by atoms with Crippen molar-refractivity contribution in [1.29, 1.82) is 0 Å². The van der Waals surface area contributed by atoms with Gasteiger partial charge >= 0.3 is 6.09 Å². The molecule has 3 atom stereocenters. The number of aryl methyl sites for hydroxylation is 2. The molecule has 1 aromatic rings. The zero-order chi connectivity index (χ0) is 24.5. The van der Waals surface area contributed by atoms with Crippen LogP contribution in [0.15, 0.2) is 18.2 Å². The van der Waals surface area contributed by atoms with E-state index < -0.39 is 23.8 Å². The van der Waals surface area contributed by atoms with Crippen molar-refractivity contribution in [1.82, 2.24) is 10.6 Å². The van der Waals surface area contributed by atoms with Gasteiger partial charge in [-0.1, -0.05) is 39.0 Å². The van der Waals surface area contributed by atoms with Crippen molar-refractivity contribution in [2.24, 2.45) is 5.92 Å². The van der Waals surface area contributed by atoms with Gasteiger partial charge in [-0.25, -0.2) is 4.79 Å². The van der Waals surface area contributed by atoms with E-state index in [0.29, 0.717) is 30.9 Å². The Hall–Kier alpha value is -2.28. The van der Waals surface area contributed by atoms with Gasteiger partial charge in [0.15, 0.2) is 6.61 Å². The standard InChI is InChI=1S/C25H42N2O5/c1-9-20(27-22(29)15-31-23-17(4)11-10-12-18(23)5)21(28)14-19(13-16(2)3)26-24(30)32-25(6,7)8/h10-12,16,19-21,28H,9,13-15H2,1-8H3,(H,26,30)(H,27,29)/t19-,20-,21-/m0/s1. The second-order valence-electron chi connectivity index (χ2n) is 9.87. The number of nitrogens with one attached hydrogen (secondary N) is 2. The van der Waals surface area contributed by atoms with Crippen LogP contribution in [0.25, 0.3) is 0 Å². The molecule has 0 aromatic heterocycles. The first kappa shape index (κ1) is 27.8. The highest BCUT2D eigenvalue weighted by Gasteiger charge is 2.26. The van der Waals surface area contributed by atoms with Gasteiger partial charge in [0.05, 0.1) is 12.1 Å². The van der Waals surface area contributed by atoms with E-state index in [9.17, 15) is 14.7 Å². The number of benzene rings is 1. The Kier molecular flexibility index (Phi) is 11.0. The van der Waals surface area contributed by atoms with E-state index in [1.165, 1.54) is 0 Å². The summed E-state index contributed by atoms with van der Waals surface area (Å²) in [4.78, 5) is 24.7. The number of aliphatic hydroxyl groups is 1. The summed E-state index contributed by atoms with van der Waals surface area (Å²) in [6.45, 7) is 15.2. The number of rotatable bonds is 11. The fraction of sp³-hybridized carbons (Fsp3) is 0.680. The number of carbonyl (C=O) groups is 2. The van der Waals surface area contributed by atoms with Crippen molar-refractivity contribution < 1.29 is 24.2 Å². The van der Waals surface area contributed by atoms with Crippen LogP contribution < -0.4 is 15.4 Å². The van der Waals surface area contributed by atoms with Gasteiger partial charge < -0.3 is 25.2 Å². The lowest BCUT2D eigenvalue weighted by atomic mass is 9.95. The summed E-state index contributed by atoms with van der Waals surface area (Å²) in [6.07, 6.45) is 0.235. The maximum absolute atomic E-state index is 12.5. The highest BCUT2D eigenvalue weighted by atomic mass is 16.6. The number of hydrogen-bond acceptors (Lipinski definition) is 5. The molecule has 2 amide bonds. The molecular weight excluding hydrogens is 408 g/mol. The van der Waals surface area contributed by atoms with Crippen LogP contribution in [-0.4, -0.2) is 47.5 Å². The Morgan fingerprint density at radius 3 is 2.16 bits per heavy atom. The van der Waals surface area contributed by atoms with Crippen LogP contribution in [0.4, 0.5) is 4.79 Å². The highest BCUT2D eigenvalue weighted by molar-refractivity contribution is 5.78. The van der Waals surface area contributed by atoms with Gasteiger partial charge in [0.2, 0.25) is 0 Å². The number of ether oxygens (including phenoxy) is 2. The average molecular weight is 451 g/mol. The van der Waals surface area contributed by atoms with Gasteiger partial charge in [0.25, 0.3) is 5.91 Å². The quantitative estimate of drug-likeness (QED) is 0.468. The first-order valence-electron chi connectivity index (χ1n) is 11.5. The fourth-order valence-electron chi connectivity index (χ4n) is 3.60. The Labute approximate surface area is 193 Å². The maximum atomic E-state index is 12.5. The minimum Gasteiger partial charge on any atom is -0.483 e. The van der Waals surface area contributed by atoms with E-state index in [1.807, 2.05) is 59.7 Å². The summed E-state index contributed by atoms with van der Waals surface area (Å²) >= 11 is 0. The molecular formula is C25H42N2O5. The predicted molar refractivity (Wildman–Crippen MR) is 127 cm³/mol. The van der Waals surface area contributed by atoms with Crippen LogP contribution in [0.2, 0.25) is 0 Å². The van der Waals surface area contributed by atoms with Crippen LogP contribution in [0.5, 0.6) is 5.75 Å². The van der Waals surface area contributed by atoms with Crippen molar-refractivity contribution in [2.45, 2.75) is 98.4 Å². The number of hydrogen-bond donors (Lipinski definition) is 3. The van der Waals surface area contributed by atoms with Gasteiger partial charge in [-0.2, -0.15) is 0 Å². The zero-order valence-electron chi connectivity index (χ0n) is 21.0. The van der Waals surface area contributed by atoms with Gasteiger partial charge in [-0.05, 0) is 70.9 Å². The highest BCUT2D eigenvalue weighted by Crippen LogP contribution is 2.22. The summed E-state index contributed by atoms with van der Waals surface area (Å²) < 4.78 is 11.1. The molecule has 0 radical (unpaired) electrons. The summed E-state index contributed by atoms with van der Waals surface area (Å²) in [7, 11) is 0. The van der Waals surface area contributed by atoms with Gasteiger partial charge in [-0.3, -0.25) is 4.79 Å². The zero-order valence-corrected chi connectivity index (χ0v) is 21.0. The SMILES string of the molecule is CC[C@H](NC(=O)COc1c(C)cccc1C)[C@@H](O)C[C@H](CC(C)C)NC(=O)OC(C)(C)C. The molecule has 0 heterocycles. The topological polar surface area (TPSA) is 96.9 Å². The summed E-state index contributed by atoms with van der Waals surface area (Å²) in [5.74, 6) is 0.733. The lowest BCUT2D eigenvalue weighted by molar-refractivity contribution is -0.124. The average Bonchev–Trinajstić information content (AvgIpc) is 2.63. The van der Waals surface area contributed by atoms with Crippen LogP contribution in [0, 0.1) is 19.8 Å². The molecule has 0 aliphatic rings. The second kappa shape index (κ2) is 12.7. The van der Waals surface area contributed by atoms with Crippen molar-refractivity contribution in [3.8, 4) is 5.75 Å². The molecule has 1 aromatic carbocycles. The Morgan fingerprint density at radius 1 is 1.06 bits per heavy atom. The largest absolute Gasteiger partial charge is 0.483 e. The van der Waals surface area contributed by atoms with Crippen molar-refractivity contribution in [3.63, 3.8) is 0 Å². The molecule has 0 saturated heterocycles. The molecule has 0 aliphatic carbocycles. The molecule has 0 unspecified atom stereocenters. The smallest absolute Gasteiger partial charge is 0.407 e. The molecule has 7 nitrogen and oxygen atoms in total. The molecule has 1 rings (SSSR count). The van der Waals surface area contributed by atoms with Gasteiger partial charge in [0, 0.05) is 6.04 Å². The first-order valence-corrected chi connectivity index (χ1v) is 11.5. The first-order chi connectivity index (χ1) is 14.8. The van der Waals surface area contributed by atoms with Crippen molar-refractivity contribution in [3.05, 3.63) is 29.3 Å². The van der Waals surface area contributed by atoms with Crippen LogP contribution >= 0.6 is 0 Å². The summed E-state index contributed by atoms with van der Waals surface area (Å²) in [6, 6.07) is 5.10. The number of amides is 2.